The molecule has 140 valence electrons. The molecule has 0 radical (unpaired) electrons. The maximum Gasteiger partial charge on any atom is 0.377 e. The summed E-state index contributed by atoms with van der Waals surface area (Å²) >= 11 is 0. The molecule has 3 rings (SSSR count). The van der Waals surface area contributed by atoms with Crippen molar-refractivity contribution in [2.24, 2.45) is 0 Å². The minimum absolute atomic E-state index is 0.357. The summed E-state index contributed by atoms with van der Waals surface area (Å²) < 4.78 is 2.14. The van der Waals surface area contributed by atoms with E-state index in [2.05, 4.69) is 21.4 Å². The summed E-state index contributed by atoms with van der Waals surface area (Å²) in [6.07, 6.45) is 1.62. The molecule has 1 aliphatic heterocycles. The third-order valence-corrected chi connectivity index (χ3v) is 5.29. The Balaban J connectivity index is 1.83. The Morgan fingerprint density at radius 2 is 1.77 bits per heavy atom. The van der Waals surface area contributed by atoms with Gasteiger partial charge in [-0.25, -0.2) is 4.79 Å². The van der Waals surface area contributed by atoms with Crippen molar-refractivity contribution < 1.29 is 14.7 Å². The van der Waals surface area contributed by atoms with Crippen LogP contribution in [0.25, 0.3) is 10.9 Å². The zero-order chi connectivity index (χ0) is 18.7. The van der Waals surface area contributed by atoms with Gasteiger partial charge < -0.3 is 19.5 Å². The van der Waals surface area contributed by atoms with Crippen molar-refractivity contribution in [3.05, 3.63) is 35.5 Å². The lowest BCUT2D eigenvalue weighted by Gasteiger charge is -2.32. The third kappa shape index (κ3) is 3.66. The average molecular weight is 357 g/mol. The van der Waals surface area contributed by atoms with Gasteiger partial charge in [-0.15, -0.1) is 0 Å². The average Bonchev–Trinajstić information content (AvgIpc) is 2.96. The predicted molar refractivity (Wildman–Crippen MR) is 102 cm³/mol. The molecule has 0 bridgehead atoms. The number of rotatable bonds is 7. The molecule has 2 heterocycles. The summed E-state index contributed by atoms with van der Waals surface area (Å²) in [5.74, 6) is -2.20. The lowest BCUT2D eigenvalue weighted by molar-refractivity contribution is -0.131. The van der Waals surface area contributed by atoms with Crippen molar-refractivity contribution in [2.75, 3.05) is 39.8 Å². The summed E-state index contributed by atoms with van der Waals surface area (Å²) in [5.41, 5.74) is 2.14. The van der Waals surface area contributed by atoms with Crippen LogP contribution in [-0.2, 0) is 17.8 Å². The second-order valence-electron chi connectivity index (χ2n) is 6.98. The zero-order valence-electron chi connectivity index (χ0n) is 15.6. The van der Waals surface area contributed by atoms with E-state index in [1.165, 1.54) is 0 Å². The van der Waals surface area contributed by atoms with Gasteiger partial charge in [0.25, 0.3) is 5.78 Å². The van der Waals surface area contributed by atoms with Crippen molar-refractivity contribution in [1.82, 2.24) is 14.4 Å². The second-order valence-corrected chi connectivity index (χ2v) is 6.98. The van der Waals surface area contributed by atoms with Crippen LogP contribution >= 0.6 is 0 Å². The van der Waals surface area contributed by atoms with E-state index in [1.807, 2.05) is 31.2 Å². The molecule has 1 aliphatic rings. The molecule has 1 fully saturated rings. The molecule has 0 aliphatic carbocycles. The number of carboxylic acid groups (broad SMARTS) is 1. The number of piperazine rings is 1. The Morgan fingerprint density at radius 1 is 1.08 bits per heavy atom. The van der Waals surface area contributed by atoms with E-state index in [9.17, 15) is 14.7 Å². The SMILES string of the molecule is CCc1c(C(=O)C(=O)O)c2ccccc2n1CCCN1CCN(C)CC1. The lowest BCUT2D eigenvalue weighted by atomic mass is 10.1. The largest absolute Gasteiger partial charge is 0.475 e. The summed E-state index contributed by atoms with van der Waals surface area (Å²) in [7, 11) is 2.15. The fourth-order valence-electron chi connectivity index (χ4n) is 3.86. The van der Waals surface area contributed by atoms with Crippen LogP contribution in [-0.4, -0.2) is 71.0 Å². The van der Waals surface area contributed by atoms with Crippen LogP contribution in [0.5, 0.6) is 0 Å². The highest BCUT2D eigenvalue weighted by Crippen LogP contribution is 2.28. The molecule has 1 aromatic carbocycles. The molecule has 1 N–H and O–H groups in total. The van der Waals surface area contributed by atoms with Gasteiger partial charge in [0.2, 0.25) is 0 Å². The molecule has 1 saturated heterocycles. The van der Waals surface area contributed by atoms with Gasteiger partial charge >= 0.3 is 5.97 Å². The number of aliphatic carboxylic acids is 1. The Hall–Kier alpha value is -2.18. The number of carbonyl (C=O) groups is 2. The summed E-state index contributed by atoms with van der Waals surface area (Å²) in [6, 6.07) is 7.62. The van der Waals surface area contributed by atoms with Gasteiger partial charge in [-0.1, -0.05) is 25.1 Å². The van der Waals surface area contributed by atoms with Crippen LogP contribution in [0.4, 0.5) is 0 Å². The highest BCUT2D eigenvalue weighted by atomic mass is 16.4. The van der Waals surface area contributed by atoms with E-state index in [1.54, 1.807) is 0 Å². The second kappa shape index (κ2) is 8.01. The number of carboxylic acids is 1. The van der Waals surface area contributed by atoms with E-state index in [-0.39, 0.29) is 0 Å². The van der Waals surface area contributed by atoms with E-state index in [0.717, 1.165) is 62.3 Å². The van der Waals surface area contributed by atoms with Gasteiger partial charge in [0.05, 0.1) is 5.56 Å². The number of aryl methyl sites for hydroxylation is 1. The van der Waals surface area contributed by atoms with E-state index in [4.69, 9.17) is 0 Å². The predicted octanol–water partition coefficient (Wildman–Crippen LogP) is 2.11. The first-order valence-electron chi connectivity index (χ1n) is 9.31. The number of hydrogen-bond donors (Lipinski definition) is 1. The van der Waals surface area contributed by atoms with E-state index >= 15 is 0 Å². The van der Waals surface area contributed by atoms with E-state index in [0.29, 0.717) is 12.0 Å². The first kappa shape index (κ1) is 18.6. The third-order valence-electron chi connectivity index (χ3n) is 5.29. The van der Waals surface area contributed by atoms with Crippen LogP contribution in [0.1, 0.15) is 29.4 Å². The van der Waals surface area contributed by atoms with Gasteiger partial charge in [0, 0.05) is 49.3 Å². The monoisotopic (exact) mass is 357 g/mol. The zero-order valence-corrected chi connectivity index (χ0v) is 15.6. The Labute approximate surface area is 154 Å². The van der Waals surface area contributed by atoms with Crippen LogP contribution < -0.4 is 0 Å². The maximum absolute atomic E-state index is 12.3. The molecule has 0 spiro atoms. The van der Waals surface area contributed by atoms with Crippen molar-refractivity contribution in [3.63, 3.8) is 0 Å². The molecule has 2 aromatic rings. The molecule has 26 heavy (non-hydrogen) atoms. The number of carbonyl (C=O) groups excluding carboxylic acids is 1. The molecule has 1 aromatic heterocycles. The number of likely N-dealkylation sites (N-methyl/N-ethyl adjacent to an activating group) is 1. The topological polar surface area (TPSA) is 65.8 Å². The van der Waals surface area contributed by atoms with Crippen molar-refractivity contribution >= 4 is 22.7 Å². The number of nitrogens with zero attached hydrogens (tertiary/aromatic N) is 3. The number of ketones is 1. The fraction of sp³-hybridized carbons (Fsp3) is 0.500. The van der Waals surface area contributed by atoms with Gasteiger partial charge in [0.1, 0.15) is 0 Å². The van der Waals surface area contributed by atoms with Crippen LogP contribution in [0.15, 0.2) is 24.3 Å². The minimum atomic E-state index is -1.39. The molecule has 6 nitrogen and oxygen atoms in total. The number of hydrogen-bond acceptors (Lipinski definition) is 4. The fourth-order valence-corrected chi connectivity index (χ4v) is 3.86. The van der Waals surface area contributed by atoms with Crippen molar-refractivity contribution in [1.29, 1.82) is 0 Å². The highest BCUT2D eigenvalue weighted by molar-refractivity contribution is 6.42. The first-order chi connectivity index (χ1) is 12.5. The molecular formula is C20H27N3O3. The molecular weight excluding hydrogens is 330 g/mol. The molecule has 0 atom stereocenters. The number of Topliss-reactive ketones (excluding diaryl/α,β-unsaturated/α-hetero) is 1. The maximum atomic E-state index is 12.3. The van der Waals surface area contributed by atoms with E-state index < -0.39 is 11.8 Å². The van der Waals surface area contributed by atoms with Crippen molar-refractivity contribution in [2.45, 2.75) is 26.3 Å². The lowest BCUT2D eigenvalue weighted by Crippen LogP contribution is -2.44. The summed E-state index contributed by atoms with van der Waals surface area (Å²) in [5, 5.41) is 9.97. The van der Waals surface area contributed by atoms with Crippen LogP contribution in [0.3, 0.4) is 0 Å². The minimum Gasteiger partial charge on any atom is -0.475 e. The Morgan fingerprint density at radius 3 is 2.42 bits per heavy atom. The van der Waals surface area contributed by atoms with Crippen molar-refractivity contribution in [3.8, 4) is 0 Å². The Bertz CT molecular complexity index is 804. The first-order valence-corrected chi connectivity index (χ1v) is 9.31. The van der Waals surface area contributed by atoms with Gasteiger partial charge in [-0.2, -0.15) is 0 Å². The van der Waals surface area contributed by atoms with Crippen LogP contribution in [0.2, 0.25) is 0 Å². The molecule has 0 amide bonds. The van der Waals surface area contributed by atoms with Gasteiger partial charge in [-0.3, -0.25) is 4.79 Å². The summed E-state index contributed by atoms with van der Waals surface area (Å²) in [6.45, 7) is 8.17. The van der Waals surface area contributed by atoms with Crippen LogP contribution in [0, 0.1) is 0 Å². The molecule has 6 heteroatoms. The molecule has 0 saturated carbocycles. The number of fused-ring (bicyclic) bond motifs is 1. The highest BCUT2D eigenvalue weighted by Gasteiger charge is 2.25. The number of aromatic nitrogens is 1. The molecule has 0 unspecified atom stereocenters. The number of benzene rings is 1. The van der Waals surface area contributed by atoms with Gasteiger partial charge in [-0.05, 0) is 32.5 Å². The van der Waals surface area contributed by atoms with Gasteiger partial charge in [0.15, 0.2) is 0 Å². The standard InChI is InChI=1S/C20H27N3O3/c1-3-16-18(19(24)20(25)26)15-7-4-5-8-17(15)23(16)10-6-9-22-13-11-21(2)12-14-22/h4-5,7-8H,3,6,9-14H2,1-2H3,(H,25,26). The smallest absolute Gasteiger partial charge is 0.377 e. The Kier molecular flexibility index (Phi) is 5.74. The number of para-hydroxylation sites is 1. The quantitative estimate of drug-likeness (QED) is 0.607. The summed E-state index contributed by atoms with van der Waals surface area (Å²) in [4.78, 5) is 28.4. The normalized spacial score (nSPS) is 16.2.